The molecule has 0 atom stereocenters. The molecule has 0 aromatic carbocycles. The Bertz CT molecular complexity index is 619. The molecule has 1 aliphatic carbocycles. The Morgan fingerprint density at radius 2 is 2.26 bits per heavy atom. The van der Waals surface area contributed by atoms with E-state index in [0.717, 1.165) is 4.47 Å². The summed E-state index contributed by atoms with van der Waals surface area (Å²) in [6.45, 7) is 0. The van der Waals surface area contributed by atoms with Gasteiger partial charge in [0.15, 0.2) is 0 Å². The van der Waals surface area contributed by atoms with Gasteiger partial charge >= 0.3 is 5.97 Å². The number of nitrogens with zero attached hydrogens (tertiary/aromatic N) is 3. The van der Waals surface area contributed by atoms with E-state index in [4.69, 9.17) is 9.26 Å². The van der Waals surface area contributed by atoms with Crippen molar-refractivity contribution in [2.45, 2.75) is 18.3 Å². The molecular weight excluding hydrogens is 314 g/mol. The Hall–Kier alpha value is -1.76. The summed E-state index contributed by atoms with van der Waals surface area (Å²) in [7, 11) is 1.36. The predicted octanol–water partition coefficient (Wildman–Crippen LogP) is 2.10. The van der Waals surface area contributed by atoms with Gasteiger partial charge in [-0.15, -0.1) is 0 Å². The molecule has 19 heavy (non-hydrogen) atoms. The Balaban J connectivity index is 1.92. The van der Waals surface area contributed by atoms with Crippen LogP contribution in [-0.4, -0.2) is 28.2 Å². The number of rotatable bonds is 3. The van der Waals surface area contributed by atoms with Gasteiger partial charge in [0.05, 0.1) is 7.11 Å². The molecule has 0 radical (unpaired) electrons. The van der Waals surface area contributed by atoms with E-state index in [1.807, 2.05) is 6.07 Å². The molecule has 0 unspecified atom stereocenters. The van der Waals surface area contributed by atoms with E-state index in [1.54, 1.807) is 12.3 Å². The summed E-state index contributed by atoms with van der Waals surface area (Å²) in [6, 6.07) is 3.61. The van der Waals surface area contributed by atoms with Gasteiger partial charge in [0.2, 0.25) is 11.7 Å². The van der Waals surface area contributed by atoms with E-state index in [2.05, 4.69) is 31.1 Å². The second kappa shape index (κ2) is 4.41. The number of methoxy groups -OCH3 is 1. The average Bonchev–Trinajstić information content (AvgIpc) is 3.10. The summed E-state index contributed by atoms with van der Waals surface area (Å²) in [4.78, 5) is 20.2. The minimum atomic E-state index is -0.741. The van der Waals surface area contributed by atoms with Gasteiger partial charge in [0, 0.05) is 10.7 Å². The average molecular weight is 324 g/mol. The fraction of sp³-hybridized carbons (Fsp3) is 0.333. The molecule has 0 saturated heterocycles. The first-order chi connectivity index (χ1) is 9.15. The first-order valence-electron chi connectivity index (χ1n) is 5.70. The van der Waals surface area contributed by atoms with Crippen molar-refractivity contribution in [2.24, 2.45) is 0 Å². The van der Waals surface area contributed by atoms with Gasteiger partial charge in [-0.2, -0.15) is 4.98 Å². The summed E-state index contributed by atoms with van der Waals surface area (Å²) in [5, 5.41) is 3.87. The molecular formula is C12H10BrN3O3. The molecule has 0 spiro atoms. The number of halogens is 1. The van der Waals surface area contributed by atoms with Crippen LogP contribution >= 0.6 is 15.9 Å². The Morgan fingerprint density at radius 1 is 1.47 bits per heavy atom. The number of hydrogen-bond donors (Lipinski definition) is 0. The molecule has 0 amide bonds. The molecule has 1 aliphatic rings. The lowest BCUT2D eigenvalue weighted by atomic mass is 10.1. The highest BCUT2D eigenvalue weighted by Crippen LogP contribution is 2.48. The van der Waals surface area contributed by atoms with Crippen molar-refractivity contribution in [3.8, 4) is 11.5 Å². The maximum atomic E-state index is 11.7. The third-order valence-corrected chi connectivity index (χ3v) is 3.59. The molecule has 0 aliphatic heterocycles. The Morgan fingerprint density at radius 3 is 2.84 bits per heavy atom. The van der Waals surface area contributed by atoms with Crippen molar-refractivity contribution in [1.82, 2.24) is 15.1 Å². The number of carbonyl (C=O) groups is 1. The van der Waals surface area contributed by atoms with Crippen LogP contribution in [0, 0.1) is 0 Å². The van der Waals surface area contributed by atoms with E-state index in [-0.39, 0.29) is 5.97 Å². The maximum absolute atomic E-state index is 11.7. The quantitative estimate of drug-likeness (QED) is 0.805. The summed E-state index contributed by atoms with van der Waals surface area (Å²) >= 11 is 3.31. The summed E-state index contributed by atoms with van der Waals surface area (Å²) in [5.74, 6) is 0.350. The van der Waals surface area contributed by atoms with Gasteiger partial charge in [0.1, 0.15) is 11.1 Å². The third kappa shape index (κ3) is 2.03. The SMILES string of the molecule is COC(=O)C1(c2nc(-c3ccc(Br)cn3)no2)CC1. The number of pyridine rings is 1. The standard InChI is InChI=1S/C12H10BrN3O3/c1-18-11(17)12(4-5-12)10-15-9(16-19-10)8-3-2-7(13)6-14-8/h2-3,6H,4-5H2,1H3. The number of ether oxygens (including phenoxy) is 1. The zero-order valence-corrected chi connectivity index (χ0v) is 11.7. The molecule has 3 rings (SSSR count). The highest BCUT2D eigenvalue weighted by atomic mass is 79.9. The summed E-state index contributed by atoms with van der Waals surface area (Å²) < 4.78 is 10.8. The fourth-order valence-corrected chi connectivity index (χ4v) is 2.09. The molecule has 0 N–H and O–H groups in total. The van der Waals surface area contributed by atoms with Crippen LogP contribution in [0.2, 0.25) is 0 Å². The molecule has 1 fully saturated rings. The number of esters is 1. The van der Waals surface area contributed by atoms with Gasteiger partial charge in [0.25, 0.3) is 0 Å². The lowest BCUT2D eigenvalue weighted by Crippen LogP contribution is -2.22. The lowest BCUT2D eigenvalue weighted by Gasteiger charge is -2.05. The fourth-order valence-electron chi connectivity index (χ4n) is 1.86. The molecule has 0 bridgehead atoms. The second-order valence-electron chi connectivity index (χ2n) is 4.36. The normalized spacial score (nSPS) is 16.1. The molecule has 98 valence electrons. The lowest BCUT2D eigenvalue weighted by molar-refractivity contribution is -0.144. The first-order valence-corrected chi connectivity index (χ1v) is 6.49. The smallest absolute Gasteiger partial charge is 0.321 e. The van der Waals surface area contributed by atoms with Crippen LogP contribution in [0.4, 0.5) is 0 Å². The van der Waals surface area contributed by atoms with Crippen LogP contribution in [0.1, 0.15) is 18.7 Å². The topological polar surface area (TPSA) is 78.1 Å². The van der Waals surface area contributed by atoms with Gasteiger partial charge in [-0.1, -0.05) is 5.16 Å². The van der Waals surface area contributed by atoms with Crippen LogP contribution in [0.5, 0.6) is 0 Å². The molecule has 2 aromatic rings. The van der Waals surface area contributed by atoms with Gasteiger partial charge < -0.3 is 9.26 Å². The van der Waals surface area contributed by atoms with Crippen LogP contribution in [0.15, 0.2) is 27.3 Å². The number of hydrogen-bond acceptors (Lipinski definition) is 6. The minimum Gasteiger partial charge on any atom is -0.468 e. The first kappa shape index (κ1) is 12.3. The van der Waals surface area contributed by atoms with Crippen molar-refractivity contribution in [2.75, 3.05) is 7.11 Å². The van der Waals surface area contributed by atoms with E-state index < -0.39 is 5.41 Å². The summed E-state index contributed by atoms with van der Waals surface area (Å²) in [5.41, 5.74) is -0.145. The molecule has 6 nitrogen and oxygen atoms in total. The predicted molar refractivity (Wildman–Crippen MR) is 68.2 cm³/mol. The van der Waals surface area contributed by atoms with Crippen molar-refractivity contribution in [3.05, 3.63) is 28.7 Å². The zero-order valence-electron chi connectivity index (χ0n) is 10.1. The molecule has 1 saturated carbocycles. The van der Waals surface area contributed by atoms with Crippen LogP contribution in [0.3, 0.4) is 0 Å². The molecule has 2 aromatic heterocycles. The third-order valence-electron chi connectivity index (χ3n) is 3.12. The van der Waals surface area contributed by atoms with E-state index >= 15 is 0 Å². The maximum Gasteiger partial charge on any atom is 0.321 e. The monoisotopic (exact) mass is 323 g/mol. The summed E-state index contributed by atoms with van der Waals surface area (Å²) in [6.07, 6.45) is 3.00. The van der Waals surface area contributed by atoms with Gasteiger partial charge in [-0.25, -0.2) is 0 Å². The Kier molecular flexibility index (Phi) is 2.85. The highest BCUT2D eigenvalue weighted by Gasteiger charge is 2.57. The number of carbonyl (C=O) groups excluding carboxylic acids is 1. The second-order valence-corrected chi connectivity index (χ2v) is 5.27. The van der Waals surface area contributed by atoms with Crippen LogP contribution in [0.25, 0.3) is 11.5 Å². The van der Waals surface area contributed by atoms with Gasteiger partial charge in [-0.05, 0) is 40.9 Å². The van der Waals surface area contributed by atoms with Gasteiger partial charge in [-0.3, -0.25) is 9.78 Å². The highest BCUT2D eigenvalue weighted by molar-refractivity contribution is 9.10. The van der Waals surface area contributed by atoms with Crippen LogP contribution in [-0.2, 0) is 14.9 Å². The zero-order chi connectivity index (χ0) is 13.5. The number of aromatic nitrogens is 3. The molecule has 7 heteroatoms. The van der Waals surface area contributed by atoms with Crippen molar-refractivity contribution in [3.63, 3.8) is 0 Å². The van der Waals surface area contributed by atoms with Crippen molar-refractivity contribution >= 4 is 21.9 Å². The van der Waals surface area contributed by atoms with Crippen LogP contribution < -0.4 is 0 Å². The van der Waals surface area contributed by atoms with E-state index in [1.165, 1.54) is 7.11 Å². The van der Waals surface area contributed by atoms with Crippen molar-refractivity contribution < 1.29 is 14.1 Å². The van der Waals surface area contributed by atoms with E-state index in [0.29, 0.717) is 30.3 Å². The molecule has 2 heterocycles. The largest absolute Gasteiger partial charge is 0.468 e. The minimum absolute atomic E-state index is 0.305. The van der Waals surface area contributed by atoms with Crippen molar-refractivity contribution in [1.29, 1.82) is 0 Å². The Labute approximate surface area is 117 Å². The van der Waals surface area contributed by atoms with E-state index in [9.17, 15) is 4.79 Å².